The first-order valence-electron chi connectivity index (χ1n) is 11.7. The smallest absolute Gasteiger partial charge is 0.259 e. The summed E-state index contributed by atoms with van der Waals surface area (Å²) >= 11 is 0. The van der Waals surface area contributed by atoms with Gasteiger partial charge in [-0.3, -0.25) is 9.69 Å². The van der Waals surface area contributed by atoms with Crippen LogP contribution in [0.2, 0.25) is 0 Å². The van der Waals surface area contributed by atoms with Crippen LogP contribution in [0.25, 0.3) is 0 Å². The molecule has 1 atom stereocenters. The lowest BCUT2D eigenvalue weighted by Gasteiger charge is -2.36. The molecule has 35 heavy (non-hydrogen) atoms. The van der Waals surface area contributed by atoms with Gasteiger partial charge in [0, 0.05) is 32.7 Å². The molecule has 3 aromatic carbocycles. The minimum absolute atomic E-state index is 0.210. The van der Waals surface area contributed by atoms with Crippen LogP contribution < -0.4 is 4.74 Å². The van der Waals surface area contributed by atoms with Crippen molar-refractivity contribution in [3.63, 3.8) is 0 Å². The van der Waals surface area contributed by atoms with E-state index >= 15 is 0 Å². The third-order valence-corrected chi connectivity index (χ3v) is 6.30. The summed E-state index contributed by atoms with van der Waals surface area (Å²) in [5, 5.41) is 0. The van der Waals surface area contributed by atoms with Crippen LogP contribution >= 0.6 is 0 Å². The highest BCUT2D eigenvalue weighted by Gasteiger charge is 2.28. The molecule has 0 N–H and O–H groups in total. The summed E-state index contributed by atoms with van der Waals surface area (Å²) in [5.74, 6) is -1.52. The van der Waals surface area contributed by atoms with Crippen molar-refractivity contribution in [3.05, 3.63) is 101 Å². The molecule has 1 heterocycles. The second-order valence-electron chi connectivity index (χ2n) is 8.75. The van der Waals surface area contributed by atoms with E-state index in [0.717, 1.165) is 29.0 Å². The van der Waals surface area contributed by atoms with Crippen LogP contribution in [-0.2, 0) is 11.3 Å². The lowest BCUT2D eigenvalue weighted by Crippen LogP contribution is -2.50. The van der Waals surface area contributed by atoms with Gasteiger partial charge in [0.05, 0.1) is 19.8 Å². The monoisotopic (exact) mass is 480 g/mol. The molecule has 0 bridgehead atoms. The standard InChI is InChI=1S/C28H30F2N2O3/c1-20-9-11-21(12-10-20)19-35-26(22-5-3-6-23(17-22)34-2)18-31-13-15-32(16-14-31)28(33)27-24(29)7-4-8-25(27)30/h3-12,17,26H,13-16,18-19H2,1-2H3/t26-/m0/s1. The number of halogens is 2. The van der Waals surface area contributed by atoms with Gasteiger partial charge < -0.3 is 14.4 Å². The highest BCUT2D eigenvalue weighted by Crippen LogP contribution is 2.25. The van der Waals surface area contributed by atoms with Crippen molar-refractivity contribution in [1.29, 1.82) is 0 Å². The fraction of sp³-hybridized carbons (Fsp3) is 0.321. The quantitative estimate of drug-likeness (QED) is 0.455. The molecule has 0 unspecified atom stereocenters. The van der Waals surface area contributed by atoms with Crippen molar-refractivity contribution in [1.82, 2.24) is 9.80 Å². The van der Waals surface area contributed by atoms with Gasteiger partial charge in [0.15, 0.2) is 0 Å². The fourth-order valence-electron chi connectivity index (χ4n) is 4.21. The van der Waals surface area contributed by atoms with Gasteiger partial charge in [0.2, 0.25) is 0 Å². The maximum atomic E-state index is 14.1. The second-order valence-corrected chi connectivity index (χ2v) is 8.75. The zero-order chi connectivity index (χ0) is 24.8. The van der Waals surface area contributed by atoms with E-state index < -0.39 is 23.1 Å². The van der Waals surface area contributed by atoms with Crippen molar-refractivity contribution in [3.8, 4) is 5.75 Å². The fourth-order valence-corrected chi connectivity index (χ4v) is 4.21. The number of carbonyl (C=O) groups excluding carboxylic acids is 1. The number of carbonyl (C=O) groups is 1. The number of benzene rings is 3. The molecule has 1 aliphatic rings. The summed E-state index contributed by atoms with van der Waals surface area (Å²) in [6.45, 7) is 5.06. The largest absolute Gasteiger partial charge is 0.497 e. The Hall–Kier alpha value is -3.29. The topological polar surface area (TPSA) is 42.0 Å². The van der Waals surface area contributed by atoms with Gasteiger partial charge in [-0.15, -0.1) is 0 Å². The molecule has 1 fully saturated rings. The van der Waals surface area contributed by atoms with Crippen molar-refractivity contribution in [2.45, 2.75) is 19.6 Å². The highest BCUT2D eigenvalue weighted by atomic mass is 19.1. The molecule has 5 nitrogen and oxygen atoms in total. The van der Waals surface area contributed by atoms with Crippen LogP contribution in [0.5, 0.6) is 5.75 Å². The molecule has 0 radical (unpaired) electrons. The number of ether oxygens (including phenoxy) is 2. The first-order valence-corrected chi connectivity index (χ1v) is 11.7. The molecule has 1 amide bonds. The van der Waals surface area contributed by atoms with Gasteiger partial charge in [0.25, 0.3) is 5.91 Å². The molecular formula is C28H30F2N2O3. The molecule has 4 rings (SSSR count). The Morgan fingerprint density at radius 2 is 1.60 bits per heavy atom. The van der Waals surface area contributed by atoms with E-state index in [2.05, 4.69) is 36.1 Å². The minimum Gasteiger partial charge on any atom is -0.497 e. The van der Waals surface area contributed by atoms with Crippen molar-refractivity contribution < 1.29 is 23.0 Å². The highest BCUT2D eigenvalue weighted by molar-refractivity contribution is 5.94. The third-order valence-electron chi connectivity index (χ3n) is 6.30. The SMILES string of the molecule is COc1cccc([C@H](CN2CCN(C(=O)c3c(F)cccc3F)CC2)OCc2ccc(C)cc2)c1. The number of rotatable bonds is 8. The number of amides is 1. The first kappa shape index (κ1) is 24.8. The number of aryl methyl sites for hydroxylation is 1. The molecule has 0 aromatic heterocycles. The average molecular weight is 481 g/mol. The van der Waals surface area contributed by atoms with Gasteiger partial charge in [-0.05, 0) is 42.3 Å². The van der Waals surface area contributed by atoms with E-state index in [0.29, 0.717) is 39.3 Å². The third kappa shape index (κ3) is 6.24. The van der Waals surface area contributed by atoms with Crippen LogP contribution in [-0.4, -0.2) is 55.5 Å². The summed E-state index contributed by atoms with van der Waals surface area (Å²) in [5.41, 5.74) is 2.80. The number of methoxy groups -OCH3 is 1. The zero-order valence-corrected chi connectivity index (χ0v) is 20.0. The van der Waals surface area contributed by atoms with Crippen LogP contribution in [0.4, 0.5) is 8.78 Å². The Bertz CT molecular complexity index is 1120. The van der Waals surface area contributed by atoms with Crippen LogP contribution in [0.3, 0.4) is 0 Å². The van der Waals surface area contributed by atoms with Gasteiger partial charge in [-0.2, -0.15) is 0 Å². The molecule has 184 valence electrons. The minimum atomic E-state index is -0.833. The van der Waals surface area contributed by atoms with Crippen LogP contribution in [0, 0.1) is 18.6 Å². The Labute approximate surface area is 204 Å². The van der Waals surface area contributed by atoms with Gasteiger partial charge in [-0.25, -0.2) is 8.78 Å². The zero-order valence-electron chi connectivity index (χ0n) is 20.0. The Morgan fingerprint density at radius 1 is 0.943 bits per heavy atom. The normalized spacial score (nSPS) is 15.1. The summed E-state index contributed by atoms with van der Waals surface area (Å²) < 4.78 is 39.9. The molecule has 1 saturated heterocycles. The van der Waals surface area contributed by atoms with E-state index in [4.69, 9.17) is 9.47 Å². The van der Waals surface area contributed by atoms with Gasteiger partial charge >= 0.3 is 0 Å². The molecule has 0 saturated carbocycles. The molecule has 0 spiro atoms. The Morgan fingerprint density at radius 3 is 2.26 bits per heavy atom. The van der Waals surface area contributed by atoms with Crippen molar-refractivity contribution >= 4 is 5.91 Å². The first-order chi connectivity index (χ1) is 16.9. The van der Waals surface area contributed by atoms with E-state index in [1.54, 1.807) is 7.11 Å². The number of nitrogens with zero attached hydrogens (tertiary/aromatic N) is 2. The van der Waals surface area contributed by atoms with Gasteiger partial charge in [0.1, 0.15) is 22.9 Å². The molecule has 3 aromatic rings. The number of piperazine rings is 1. The molecule has 1 aliphatic heterocycles. The Kier molecular flexibility index (Phi) is 8.10. The van der Waals surface area contributed by atoms with Crippen LogP contribution in [0.15, 0.2) is 66.7 Å². The lowest BCUT2D eigenvalue weighted by molar-refractivity contribution is 0.00324. The van der Waals surface area contributed by atoms with Crippen molar-refractivity contribution in [2.24, 2.45) is 0 Å². The summed E-state index contributed by atoms with van der Waals surface area (Å²) in [6.07, 6.45) is -0.210. The Balaban J connectivity index is 1.42. The molecule has 7 heteroatoms. The summed E-state index contributed by atoms with van der Waals surface area (Å²) in [7, 11) is 1.63. The summed E-state index contributed by atoms with van der Waals surface area (Å²) in [4.78, 5) is 16.4. The lowest BCUT2D eigenvalue weighted by atomic mass is 10.1. The maximum absolute atomic E-state index is 14.1. The van der Waals surface area contributed by atoms with E-state index in [-0.39, 0.29) is 6.10 Å². The average Bonchev–Trinajstić information content (AvgIpc) is 2.87. The molecule has 0 aliphatic carbocycles. The van der Waals surface area contributed by atoms with Gasteiger partial charge in [-0.1, -0.05) is 48.0 Å². The van der Waals surface area contributed by atoms with E-state index in [1.165, 1.54) is 16.5 Å². The maximum Gasteiger partial charge on any atom is 0.259 e. The number of hydrogen-bond donors (Lipinski definition) is 0. The second kappa shape index (κ2) is 11.4. The predicted octanol–water partition coefficient (Wildman–Crippen LogP) is 5.00. The number of hydrogen-bond acceptors (Lipinski definition) is 4. The van der Waals surface area contributed by atoms with E-state index in [1.807, 2.05) is 24.3 Å². The molecular weight excluding hydrogens is 450 g/mol. The van der Waals surface area contributed by atoms with Crippen LogP contribution in [0.1, 0.15) is 33.2 Å². The van der Waals surface area contributed by atoms with Crippen molar-refractivity contribution in [2.75, 3.05) is 39.8 Å². The van der Waals surface area contributed by atoms with E-state index in [9.17, 15) is 13.6 Å². The predicted molar refractivity (Wildman–Crippen MR) is 130 cm³/mol. The summed E-state index contributed by atoms with van der Waals surface area (Å²) in [6, 6.07) is 19.5.